The molecule has 0 fully saturated rings. The molecule has 0 radical (unpaired) electrons. The van der Waals surface area contributed by atoms with E-state index in [1.807, 2.05) is 27.0 Å². The number of halogens is 1. The van der Waals surface area contributed by atoms with Crippen LogP contribution in [0.3, 0.4) is 0 Å². The van der Waals surface area contributed by atoms with E-state index >= 15 is 0 Å². The van der Waals surface area contributed by atoms with Crippen LogP contribution in [0.2, 0.25) is 0 Å². The number of nitrogens with one attached hydrogen (secondary N) is 1. The van der Waals surface area contributed by atoms with Gasteiger partial charge in [-0.25, -0.2) is 4.39 Å². The Kier molecular flexibility index (Phi) is 3.24. The maximum atomic E-state index is 13.2. The molecule has 0 aliphatic heterocycles. The smallest absolute Gasteiger partial charge is 0.141 e. The molecule has 17 heavy (non-hydrogen) atoms. The second-order valence-electron chi connectivity index (χ2n) is 4.03. The summed E-state index contributed by atoms with van der Waals surface area (Å²) in [5, 5.41) is 3.15. The normalized spacial score (nSPS) is 12.7. The summed E-state index contributed by atoms with van der Waals surface area (Å²) in [6.07, 6.45) is 2.86. The van der Waals surface area contributed by atoms with Gasteiger partial charge in [-0.15, -0.1) is 0 Å². The van der Waals surface area contributed by atoms with E-state index in [4.69, 9.17) is 4.42 Å². The van der Waals surface area contributed by atoms with Gasteiger partial charge in [-0.05, 0) is 38.6 Å². The highest BCUT2D eigenvalue weighted by Gasteiger charge is 2.18. The number of nitrogens with zero attached hydrogens (tertiary/aromatic N) is 1. The summed E-state index contributed by atoms with van der Waals surface area (Å²) in [4.78, 5) is 3.87. The number of rotatable bonds is 3. The molecule has 1 atom stereocenters. The van der Waals surface area contributed by atoms with Crippen molar-refractivity contribution in [2.75, 3.05) is 7.05 Å². The molecule has 0 saturated heterocycles. The third kappa shape index (κ3) is 2.36. The fourth-order valence-corrected chi connectivity index (χ4v) is 2.02. The van der Waals surface area contributed by atoms with Crippen molar-refractivity contribution < 1.29 is 8.81 Å². The van der Waals surface area contributed by atoms with Crippen LogP contribution < -0.4 is 5.32 Å². The van der Waals surface area contributed by atoms with Crippen LogP contribution in [0, 0.1) is 19.7 Å². The highest BCUT2D eigenvalue weighted by molar-refractivity contribution is 5.33. The van der Waals surface area contributed by atoms with Crippen LogP contribution in [0.15, 0.2) is 28.9 Å². The summed E-state index contributed by atoms with van der Waals surface area (Å²) in [5.41, 5.74) is 1.80. The van der Waals surface area contributed by atoms with E-state index in [1.54, 1.807) is 6.20 Å². The summed E-state index contributed by atoms with van der Waals surface area (Å²) in [7, 11) is 1.83. The fourth-order valence-electron chi connectivity index (χ4n) is 2.02. The molecule has 3 nitrogen and oxygen atoms in total. The third-order valence-corrected chi connectivity index (χ3v) is 2.74. The molecule has 90 valence electrons. The molecule has 2 aromatic rings. The van der Waals surface area contributed by atoms with Crippen molar-refractivity contribution in [1.29, 1.82) is 0 Å². The van der Waals surface area contributed by atoms with Gasteiger partial charge in [0.25, 0.3) is 0 Å². The van der Waals surface area contributed by atoms with Gasteiger partial charge in [-0.1, -0.05) is 0 Å². The van der Waals surface area contributed by atoms with E-state index in [0.717, 1.165) is 22.6 Å². The van der Waals surface area contributed by atoms with Gasteiger partial charge in [0.05, 0.1) is 12.2 Å². The molecule has 2 rings (SSSR count). The molecular weight excluding hydrogens is 219 g/mol. The van der Waals surface area contributed by atoms with Gasteiger partial charge in [0, 0.05) is 11.8 Å². The van der Waals surface area contributed by atoms with E-state index in [2.05, 4.69) is 10.3 Å². The minimum absolute atomic E-state index is 0.101. The van der Waals surface area contributed by atoms with Crippen molar-refractivity contribution in [3.63, 3.8) is 0 Å². The van der Waals surface area contributed by atoms with Crippen LogP contribution in [-0.4, -0.2) is 12.0 Å². The zero-order valence-corrected chi connectivity index (χ0v) is 10.1. The molecule has 4 heteroatoms. The first-order chi connectivity index (χ1) is 8.11. The number of aromatic nitrogens is 1. The lowest BCUT2D eigenvalue weighted by Crippen LogP contribution is -2.18. The quantitative estimate of drug-likeness (QED) is 0.887. The van der Waals surface area contributed by atoms with Gasteiger partial charge >= 0.3 is 0 Å². The van der Waals surface area contributed by atoms with Gasteiger partial charge < -0.3 is 9.73 Å². The van der Waals surface area contributed by atoms with E-state index < -0.39 is 0 Å². The van der Waals surface area contributed by atoms with Gasteiger partial charge in [0.15, 0.2) is 0 Å². The Labute approximate surface area is 99.7 Å². The highest BCUT2D eigenvalue weighted by Crippen LogP contribution is 2.26. The minimum atomic E-state index is -0.333. The first kappa shape index (κ1) is 11.8. The fraction of sp³-hybridized carbons (Fsp3) is 0.308. The lowest BCUT2D eigenvalue weighted by Gasteiger charge is -2.15. The first-order valence-electron chi connectivity index (χ1n) is 5.46. The van der Waals surface area contributed by atoms with Gasteiger partial charge in [0.1, 0.15) is 17.3 Å². The van der Waals surface area contributed by atoms with E-state index in [1.165, 1.54) is 12.3 Å². The molecular formula is C13H15FN2O. The van der Waals surface area contributed by atoms with Crippen LogP contribution in [0.25, 0.3) is 0 Å². The van der Waals surface area contributed by atoms with E-state index in [0.29, 0.717) is 0 Å². The number of hydrogen-bond acceptors (Lipinski definition) is 3. The van der Waals surface area contributed by atoms with Crippen molar-refractivity contribution in [3.05, 3.63) is 53.0 Å². The standard InChI is InChI=1S/C13H15FN2O/c1-8-4-12(9(2)17-8)13(15-3)10-5-11(14)7-16-6-10/h4-7,13,15H,1-3H3. The molecule has 0 spiro atoms. The summed E-state index contributed by atoms with van der Waals surface area (Å²) in [6, 6.07) is 3.34. The number of furan rings is 1. The molecule has 0 aliphatic carbocycles. The SMILES string of the molecule is CNC(c1cncc(F)c1)c1cc(C)oc1C. The monoisotopic (exact) mass is 234 g/mol. The first-order valence-corrected chi connectivity index (χ1v) is 5.46. The Morgan fingerprint density at radius 3 is 2.59 bits per heavy atom. The minimum Gasteiger partial charge on any atom is -0.466 e. The second-order valence-corrected chi connectivity index (χ2v) is 4.03. The molecule has 1 N–H and O–H groups in total. The average molecular weight is 234 g/mol. The zero-order valence-electron chi connectivity index (χ0n) is 10.1. The molecule has 2 heterocycles. The van der Waals surface area contributed by atoms with Gasteiger partial charge in [-0.3, -0.25) is 4.98 Å². The maximum absolute atomic E-state index is 13.2. The summed E-state index contributed by atoms with van der Waals surface area (Å²) in [6.45, 7) is 3.80. The number of aryl methyl sites for hydroxylation is 2. The van der Waals surface area contributed by atoms with Crippen molar-refractivity contribution >= 4 is 0 Å². The van der Waals surface area contributed by atoms with Crippen molar-refractivity contribution in [3.8, 4) is 0 Å². The molecule has 0 bridgehead atoms. The summed E-state index contributed by atoms with van der Waals surface area (Å²) >= 11 is 0. The lowest BCUT2D eigenvalue weighted by molar-refractivity contribution is 0.496. The van der Waals surface area contributed by atoms with Crippen LogP contribution in [-0.2, 0) is 0 Å². The van der Waals surface area contributed by atoms with Crippen LogP contribution in [0.1, 0.15) is 28.7 Å². The van der Waals surface area contributed by atoms with Crippen molar-refractivity contribution in [2.45, 2.75) is 19.9 Å². The number of pyridine rings is 1. The predicted molar refractivity (Wildman–Crippen MR) is 63.3 cm³/mol. The molecule has 0 saturated carbocycles. The van der Waals surface area contributed by atoms with Crippen LogP contribution in [0.4, 0.5) is 4.39 Å². The van der Waals surface area contributed by atoms with Crippen LogP contribution >= 0.6 is 0 Å². The third-order valence-electron chi connectivity index (χ3n) is 2.74. The Morgan fingerprint density at radius 2 is 2.06 bits per heavy atom. The Bertz CT molecular complexity index is 522. The Hall–Kier alpha value is -1.68. The zero-order chi connectivity index (χ0) is 12.4. The van der Waals surface area contributed by atoms with Gasteiger partial charge in [0.2, 0.25) is 0 Å². The number of hydrogen-bond donors (Lipinski definition) is 1. The van der Waals surface area contributed by atoms with Crippen molar-refractivity contribution in [1.82, 2.24) is 10.3 Å². The molecule has 1 unspecified atom stereocenters. The molecule has 0 aromatic carbocycles. The summed E-state index contributed by atoms with van der Waals surface area (Å²) < 4.78 is 18.7. The second kappa shape index (κ2) is 4.67. The van der Waals surface area contributed by atoms with Crippen molar-refractivity contribution in [2.24, 2.45) is 0 Å². The molecule has 2 aromatic heterocycles. The van der Waals surface area contributed by atoms with E-state index in [-0.39, 0.29) is 11.9 Å². The lowest BCUT2D eigenvalue weighted by atomic mass is 10.0. The van der Waals surface area contributed by atoms with Crippen LogP contribution in [0.5, 0.6) is 0 Å². The Morgan fingerprint density at radius 1 is 1.29 bits per heavy atom. The topological polar surface area (TPSA) is 38.1 Å². The van der Waals surface area contributed by atoms with E-state index in [9.17, 15) is 4.39 Å². The maximum Gasteiger partial charge on any atom is 0.141 e. The molecule has 0 amide bonds. The average Bonchev–Trinajstić information content (AvgIpc) is 2.59. The highest BCUT2D eigenvalue weighted by atomic mass is 19.1. The predicted octanol–water partition coefficient (Wildman–Crippen LogP) is 2.74. The molecule has 0 aliphatic rings. The Balaban J connectivity index is 2.43. The largest absolute Gasteiger partial charge is 0.466 e. The van der Waals surface area contributed by atoms with Gasteiger partial charge in [-0.2, -0.15) is 0 Å². The summed E-state index contributed by atoms with van der Waals surface area (Å²) in [5.74, 6) is 1.36.